The Morgan fingerprint density at radius 3 is 1.60 bits per heavy atom. The fraction of sp³-hybridized carbons (Fsp3) is 1.00. The van der Waals surface area contributed by atoms with E-state index < -0.39 is 7.51 Å². The minimum atomic E-state index is -3.17. The zero-order chi connectivity index (χ0) is 10.8. The van der Waals surface area contributed by atoms with E-state index in [1.165, 1.54) is 0 Å². The molecule has 2 saturated heterocycles. The first kappa shape index (κ1) is 11.7. The van der Waals surface area contributed by atoms with Crippen LogP contribution in [0.15, 0.2) is 0 Å². The third-order valence-electron chi connectivity index (χ3n) is 2.85. The number of nitrogens with zero attached hydrogens (tertiary/aromatic N) is 1. The molecule has 0 aromatic rings. The van der Waals surface area contributed by atoms with Crippen molar-refractivity contribution < 1.29 is 18.1 Å². The average Bonchev–Trinajstić information content (AvgIpc) is 2.86. The van der Waals surface area contributed by atoms with Crippen LogP contribution in [0, 0.1) is 0 Å². The zero-order valence-corrected chi connectivity index (χ0v) is 10.4. The second-order valence-electron chi connectivity index (χ2n) is 3.74. The van der Waals surface area contributed by atoms with Gasteiger partial charge in [-0.05, 0) is 0 Å². The molecule has 2 fully saturated rings. The van der Waals surface area contributed by atoms with E-state index in [0.29, 0.717) is 32.7 Å². The summed E-state index contributed by atoms with van der Waals surface area (Å²) in [5.74, 6) is 0. The molecular formula is C9H20NO4P. The van der Waals surface area contributed by atoms with Gasteiger partial charge in [0, 0.05) is 0 Å². The molecule has 0 radical (unpaired) electrons. The van der Waals surface area contributed by atoms with Crippen LogP contribution in [-0.4, -0.2) is 50.7 Å². The molecule has 0 atom stereocenters. The number of hydrogen-bond donors (Lipinski definition) is 0. The minimum absolute atomic E-state index is 0.582. The fourth-order valence-corrected chi connectivity index (χ4v) is 5.53. The molecule has 6 heteroatoms. The van der Waals surface area contributed by atoms with Crippen molar-refractivity contribution in [3.63, 3.8) is 0 Å². The summed E-state index contributed by atoms with van der Waals surface area (Å²) in [6.07, 6.45) is 0.638. The van der Waals surface area contributed by atoms with Gasteiger partial charge in [-0.1, -0.05) is 0 Å². The molecule has 1 spiro atoms. The Balaban J connectivity index is 2.12. The summed E-state index contributed by atoms with van der Waals surface area (Å²) < 4.78 is 23.0. The van der Waals surface area contributed by atoms with Gasteiger partial charge in [-0.3, -0.25) is 0 Å². The molecule has 0 bridgehead atoms. The van der Waals surface area contributed by atoms with Gasteiger partial charge in [0.05, 0.1) is 0 Å². The van der Waals surface area contributed by atoms with Crippen LogP contribution in [0.3, 0.4) is 0 Å². The van der Waals surface area contributed by atoms with Crippen LogP contribution in [0.4, 0.5) is 0 Å². The molecule has 2 rings (SSSR count). The van der Waals surface area contributed by atoms with E-state index in [0.717, 1.165) is 13.1 Å². The average molecular weight is 237 g/mol. The zero-order valence-electron chi connectivity index (χ0n) is 9.48. The Bertz CT molecular complexity index is 199. The second kappa shape index (κ2) is 4.24. The first-order valence-electron chi connectivity index (χ1n) is 5.56. The fourth-order valence-electron chi connectivity index (χ4n) is 1.99. The molecule has 2 aliphatic heterocycles. The molecule has 0 aromatic carbocycles. The number of hydrogen-bond acceptors (Lipinski definition) is 5. The SMILES string of the molecule is CCN(CC)CP12(OCCO1)OCCO2. The van der Waals surface area contributed by atoms with E-state index in [2.05, 4.69) is 18.7 Å². The van der Waals surface area contributed by atoms with E-state index >= 15 is 0 Å². The van der Waals surface area contributed by atoms with Crippen LogP contribution >= 0.6 is 7.51 Å². The second-order valence-corrected chi connectivity index (χ2v) is 6.98. The molecule has 0 unspecified atom stereocenters. The van der Waals surface area contributed by atoms with Crippen molar-refractivity contribution in [2.75, 3.05) is 45.8 Å². The van der Waals surface area contributed by atoms with Gasteiger partial charge in [0.2, 0.25) is 0 Å². The van der Waals surface area contributed by atoms with E-state index in [4.69, 9.17) is 18.1 Å². The van der Waals surface area contributed by atoms with Gasteiger partial charge >= 0.3 is 90.2 Å². The first-order chi connectivity index (χ1) is 7.22. The maximum atomic E-state index is 5.75. The molecule has 90 valence electrons. The first-order valence-corrected chi connectivity index (χ1v) is 7.66. The van der Waals surface area contributed by atoms with Crippen molar-refractivity contribution in [3.8, 4) is 0 Å². The van der Waals surface area contributed by atoms with Gasteiger partial charge in [-0.2, -0.15) is 0 Å². The summed E-state index contributed by atoms with van der Waals surface area (Å²) in [5.41, 5.74) is 0. The van der Waals surface area contributed by atoms with Gasteiger partial charge < -0.3 is 0 Å². The summed E-state index contributed by atoms with van der Waals surface area (Å²) in [5, 5.41) is 0. The Labute approximate surface area is 90.9 Å². The Hall–Kier alpha value is 0.230. The molecule has 2 aliphatic rings. The summed E-state index contributed by atoms with van der Waals surface area (Å²) in [7, 11) is -3.17. The third kappa shape index (κ3) is 2.05. The van der Waals surface area contributed by atoms with Gasteiger partial charge in [0.15, 0.2) is 0 Å². The van der Waals surface area contributed by atoms with Gasteiger partial charge in [-0.25, -0.2) is 0 Å². The Morgan fingerprint density at radius 1 is 0.867 bits per heavy atom. The van der Waals surface area contributed by atoms with E-state index in [1.54, 1.807) is 0 Å². The number of rotatable bonds is 4. The maximum absolute atomic E-state index is 5.75. The topological polar surface area (TPSA) is 40.2 Å². The summed E-state index contributed by atoms with van der Waals surface area (Å²) in [6.45, 7) is 8.47. The third-order valence-corrected chi connectivity index (χ3v) is 6.44. The Morgan fingerprint density at radius 2 is 1.27 bits per heavy atom. The van der Waals surface area contributed by atoms with Gasteiger partial charge in [-0.15, -0.1) is 0 Å². The standard InChI is InChI=1S/C9H20NO4P/c1-3-10(4-2)9-15(11-5-6-12-15)13-7-8-14-15/h3-9H2,1-2H3. The summed E-state index contributed by atoms with van der Waals surface area (Å²) in [4.78, 5) is 2.23. The van der Waals surface area contributed by atoms with Crippen molar-refractivity contribution in [1.29, 1.82) is 0 Å². The molecule has 15 heavy (non-hydrogen) atoms. The van der Waals surface area contributed by atoms with E-state index in [9.17, 15) is 0 Å². The van der Waals surface area contributed by atoms with E-state index in [1.807, 2.05) is 0 Å². The summed E-state index contributed by atoms with van der Waals surface area (Å²) in [6, 6.07) is 0. The van der Waals surface area contributed by atoms with Crippen LogP contribution in [0.2, 0.25) is 0 Å². The molecule has 0 N–H and O–H groups in total. The van der Waals surface area contributed by atoms with Crippen molar-refractivity contribution in [2.24, 2.45) is 0 Å². The molecular weight excluding hydrogens is 217 g/mol. The van der Waals surface area contributed by atoms with Crippen molar-refractivity contribution in [3.05, 3.63) is 0 Å². The van der Waals surface area contributed by atoms with Crippen molar-refractivity contribution in [2.45, 2.75) is 13.8 Å². The quantitative estimate of drug-likeness (QED) is 0.694. The molecule has 0 aromatic heterocycles. The van der Waals surface area contributed by atoms with Crippen LogP contribution in [0.1, 0.15) is 13.8 Å². The van der Waals surface area contributed by atoms with Crippen LogP contribution in [-0.2, 0) is 18.1 Å². The molecule has 0 aliphatic carbocycles. The molecule has 5 nitrogen and oxygen atoms in total. The van der Waals surface area contributed by atoms with Crippen LogP contribution < -0.4 is 0 Å². The van der Waals surface area contributed by atoms with Crippen LogP contribution in [0.5, 0.6) is 0 Å². The molecule has 0 saturated carbocycles. The molecule has 2 heterocycles. The molecule has 0 amide bonds. The van der Waals surface area contributed by atoms with Gasteiger partial charge in [0.1, 0.15) is 0 Å². The predicted molar refractivity (Wildman–Crippen MR) is 58.5 cm³/mol. The monoisotopic (exact) mass is 237 g/mol. The van der Waals surface area contributed by atoms with E-state index in [-0.39, 0.29) is 0 Å². The normalized spacial score (nSPS) is 30.7. The van der Waals surface area contributed by atoms with Crippen LogP contribution in [0.25, 0.3) is 0 Å². The predicted octanol–water partition coefficient (Wildman–Crippen LogP) is 1.59. The summed E-state index contributed by atoms with van der Waals surface area (Å²) >= 11 is 0. The van der Waals surface area contributed by atoms with Crippen molar-refractivity contribution in [1.82, 2.24) is 4.90 Å². The van der Waals surface area contributed by atoms with Crippen molar-refractivity contribution >= 4 is 7.51 Å². The van der Waals surface area contributed by atoms with Gasteiger partial charge in [0.25, 0.3) is 0 Å². The Kier molecular flexibility index (Phi) is 3.31.